The zero-order valence-electron chi connectivity index (χ0n) is 16.8. The number of hydrogen-bond donors (Lipinski definition) is 2. The van der Waals surface area contributed by atoms with Crippen LogP contribution in [0.1, 0.15) is 33.3 Å². The maximum absolute atomic E-state index is 14.2. The van der Waals surface area contributed by atoms with E-state index in [4.69, 9.17) is 21.4 Å². The maximum atomic E-state index is 14.2. The van der Waals surface area contributed by atoms with Gasteiger partial charge in [0.15, 0.2) is 0 Å². The summed E-state index contributed by atoms with van der Waals surface area (Å²) in [7, 11) is 1.41. The number of alkyl halides is 3. The third kappa shape index (κ3) is 5.03. The van der Waals surface area contributed by atoms with Gasteiger partial charge in [-0.15, -0.1) is 0 Å². The van der Waals surface area contributed by atoms with E-state index in [9.17, 15) is 23.1 Å². The second kappa shape index (κ2) is 9.58. The molecular weight excluding hydrogens is 447 g/mol. The fourth-order valence-corrected chi connectivity index (χ4v) is 3.86. The predicted molar refractivity (Wildman–Crippen MR) is 113 cm³/mol. The van der Waals surface area contributed by atoms with E-state index in [1.54, 1.807) is 0 Å². The summed E-state index contributed by atoms with van der Waals surface area (Å²) >= 11 is 6.21. The molecule has 0 spiro atoms. The van der Waals surface area contributed by atoms with Gasteiger partial charge in [-0.05, 0) is 47.5 Å². The standard InChI is InChI=1S/C23H19ClF3NO4/c1-32-16-6-7-17(19(24)11-16)18(12-29)21(23(25,26)27)15-8-9-28-20(10-15)13-2-4-14(5-3-13)22(30)31/h2-11,18,21,29H,12H2,1H3,(H,30,31). The Kier molecular flexibility index (Phi) is 7.06. The van der Waals surface area contributed by atoms with Crippen LogP contribution in [0, 0.1) is 0 Å². The molecule has 5 nitrogen and oxygen atoms in total. The van der Waals surface area contributed by atoms with E-state index in [-0.39, 0.29) is 27.4 Å². The van der Waals surface area contributed by atoms with Crippen LogP contribution < -0.4 is 4.74 Å². The monoisotopic (exact) mass is 465 g/mol. The normalized spacial score (nSPS) is 13.4. The number of hydrogen-bond acceptors (Lipinski definition) is 4. The molecule has 2 unspecified atom stereocenters. The van der Waals surface area contributed by atoms with E-state index in [2.05, 4.69) is 4.98 Å². The van der Waals surface area contributed by atoms with E-state index in [0.29, 0.717) is 11.3 Å². The van der Waals surface area contributed by atoms with Crippen LogP contribution in [0.2, 0.25) is 5.02 Å². The Morgan fingerprint density at radius 2 is 1.81 bits per heavy atom. The summed E-state index contributed by atoms with van der Waals surface area (Å²) in [5, 5.41) is 19.0. The van der Waals surface area contributed by atoms with Gasteiger partial charge in [0.2, 0.25) is 0 Å². The van der Waals surface area contributed by atoms with Crippen LogP contribution in [-0.2, 0) is 0 Å². The number of aromatic carboxylic acids is 1. The summed E-state index contributed by atoms with van der Waals surface area (Å²) in [6.45, 7) is -0.790. The average Bonchev–Trinajstić information content (AvgIpc) is 2.77. The highest BCUT2D eigenvalue weighted by atomic mass is 35.5. The average molecular weight is 466 g/mol. The van der Waals surface area contributed by atoms with Gasteiger partial charge in [0.25, 0.3) is 0 Å². The predicted octanol–water partition coefficient (Wildman–Crippen LogP) is 5.53. The van der Waals surface area contributed by atoms with Crippen molar-refractivity contribution in [3.8, 4) is 17.0 Å². The number of nitrogens with zero attached hydrogens (tertiary/aromatic N) is 1. The highest BCUT2D eigenvalue weighted by molar-refractivity contribution is 6.31. The Labute approximate surface area is 187 Å². The summed E-state index contributed by atoms with van der Waals surface area (Å²) in [6.07, 6.45) is -3.44. The maximum Gasteiger partial charge on any atom is 0.396 e. The summed E-state index contributed by atoms with van der Waals surface area (Å²) in [6, 6.07) is 12.5. The zero-order valence-corrected chi connectivity index (χ0v) is 17.6. The van der Waals surface area contributed by atoms with E-state index in [1.807, 2.05) is 0 Å². The number of aliphatic hydroxyl groups excluding tert-OH is 1. The Morgan fingerprint density at radius 3 is 2.34 bits per heavy atom. The number of carboxylic acid groups (broad SMARTS) is 1. The molecule has 1 heterocycles. The van der Waals surface area contributed by atoms with Crippen LogP contribution in [0.15, 0.2) is 60.8 Å². The molecule has 2 N–H and O–H groups in total. The van der Waals surface area contributed by atoms with Crippen LogP contribution in [-0.4, -0.2) is 41.1 Å². The van der Waals surface area contributed by atoms with E-state index in [1.165, 1.54) is 67.9 Å². The van der Waals surface area contributed by atoms with Crippen molar-refractivity contribution in [3.05, 3.63) is 82.5 Å². The van der Waals surface area contributed by atoms with Crippen LogP contribution in [0.5, 0.6) is 5.75 Å². The molecule has 0 amide bonds. The van der Waals surface area contributed by atoms with Crippen LogP contribution in [0.4, 0.5) is 13.2 Å². The lowest BCUT2D eigenvalue weighted by Crippen LogP contribution is -2.29. The number of aromatic nitrogens is 1. The van der Waals surface area contributed by atoms with Gasteiger partial charge in [0.05, 0.1) is 30.9 Å². The highest BCUT2D eigenvalue weighted by Gasteiger charge is 2.46. The lowest BCUT2D eigenvalue weighted by molar-refractivity contribution is -0.158. The molecule has 2 aromatic carbocycles. The van der Waals surface area contributed by atoms with Gasteiger partial charge in [0.1, 0.15) is 5.75 Å². The number of carboxylic acids is 1. The van der Waals surface area contributed by atoms with Crippen LogP contribution in [0.25, 0.3) is 11.3 Å². The van der Waals surface area contributed by atoms with Gasteiger partial charge in [-0.2, -0.15) is 13.2 Å². The summed E-state index contributed by atoms with van der Waals surface area (Å²) < 4.78 is 47.7. The minimum atomic E-state index is -4.69. The molecule has 0 bridgehead atoms. The minimum Gasteiger partial charge on any atom is -0.497 e. The molecule has 0 saturated carbocycles. The van der Waals surface area contributed by atoms with E-state index in [0.717, 1.165) is 0 Å². The molecule has 3 rings (SSSR count). The molecule has 2 atom stereocenters. The first-order chi connectivity index (χ1) is 15.2. The molecule has 0 saturated heterocycles. The van der Waals surface area contributed by atoms with Crippen molar-refractivity contribution in [3.63, 3.8) is 0 Å². The second-order valence-corrected chi connectivity index (χ2v) is 7.46. The minimum absolute atomic E-state index is 0.0487. The third-order valence-electron chi connectivity index (χ3n) is 5.13. The van der Waals surface area contributed by atoms with Gasteiger partial charge in [-0.3, -0.25) is 4.98 Å². The number of pyridine rings is 1. The first-order valence-corrected chi connectivity index (χ1v) is 9.84. The molecule has 1 aromatic heterocycles. The molecule has 32 heavy (non-hydrogen) atoms. The molecule has 0 fully saturated rings. The van der Waals surface area contributed by atoms with Gasteiger partial charge in [-0.1, -0.05) is 29.8 Å². The second-order valence-electron chi connectivity index (χ2n) is 7.05. The number of benzene rings is 2. The van der Waals surface area contributed by atoms with Crippen molar-refractivity contribution in [2.75, 3.05) is 13.7 Å². The molecule has 9 heteroatoms. The smallest absolute Gasteiger partial charge is 0.396 e. The molecule has 0 aliphatic rings. The Hall–Kier alpha value is -3.10. The van der Waals surface area contributed by atoms with Crippen LogP contribution >= 0.6 is 11.6 Å². The van der Waals surface area contributed by atoms with E-state index >= 15 is 0 Å². The molecule has 0 aliphatic carbocycles. The number of methoxy groups -OCH3 is 1. The number of rotatable bonds is 7. The number of carbonyl (C=O) groups is 1. The van der Waals surface area contributed by atoms with E-state index < -0.39 is 30.6 Å². The summed E-state index contributed by atoms with van der Waals surface area (Å²) in [4.78, 5) is 15.2. The van der Waals surface area contributed by atoms with Crippen molar-refractivity contribution in [1.29, 1.82) is 0 Å². The Morgan fingerprint density at radius 1 is 1.12 bits per heavy atom. The SMILES string of the molecule is COc1ccc(C(CO)C(c2ccnc(-c3ccc(C(=O)O)cc3)c2)C(F)(F)F)c(Cl)c1. The topological polar surface area (TPSA) is 79.7 Å². The lowest BCUT2D eigenvalue weighted by Gasteiger charge is -2.29. The van der Waals surface area contributed by atoms with Gasteiger partial charge >= 0.3 is 12.1 Å². The van der Waals surface area contributed by atoms with Crippen molar-refractivity contribution >= 4 is 17.6 Å². The Balaban J connectivity index is 2.06. The molecule has 168 valence electrons. The fraction of sp³-hybridized carbons (Fsp3) is 0.217. The summed E-state index contributed by atoms with van der Waals surface area (Å²) in [5.74, 6) is -4.15. The zero-order chi connectivity index (χ0) is 23.5. The first kappa shape index (κ1) is 23.6. The summed E-state index contributed by atoms with van der Waals surface area (Å²) in [5.41, 5.74) is 0.789. The molecule has 3 aromatic rings. The van der Waals surface area contributed by atoms with Crippen molar-refractivity contribution in [2.45, 2.75) is 18.0 Å². The van der Waals surface area contributed by atoms with Gasteiger partial charge in [-0.25, -0.2) is 4.79 Å². The quantitative estimate of drug-likeness (QED) is 0.479. The largest absolute Gasteiger partial charge is 0.497 e. The third-order valence-corrected chi connectivity index (χ3v) is 5.46. The van der Waals surface area contributed by atoms with Crippen molar-refractivity contribution in [2.24, 2.45) is 0 Å². The Bertz CT molecular complexity index is 1100. The molecule has 0 aliphatic heterocycles. The molecular formula is C23H19ClF3NO4. The lowest BCUT2D eigenvalue weighted by atomic mass is 9.81. The number of halogens is 4. The van der Waals surface area contributed by atoms with Gasteiger partial charge in [0, 0.05) is 22.7 Å². The van der Waals surface area contributed by atoms with Crippen molar-refractivity contribution in [1.82, 2.24) is 4.98 Å². The van der Waals surface area contributed by atoms with Gasteiger partial charge < -0.3 is 14.9 Å². The number of aliphatic hydroxyl groups is 1. The highest BCUT2D eigenvalue weighted by Crippen LogP contribution is 2.47. The van der Waals surface area contributed by atoms with Crippen LogP contribution in [0.3, 0.4) is 0 Å². The van der Waals surface area contributed by atoms with Crippen molar-refractivity contribution < 1.29 is 32.9 Å². The number of ether oxygens (including phenoxy) is 1. The fourth-order valence-electron chi connectivity index (χ4n) is 3.55. The molecule has 0 radical (unpaired) electrons. The first-order valence-electron chi connectivity index (χ1n) is 9.46.